The highest BCUT2D eigenvalue weighted by Crippen LogP contribution is 2.42. The molecule has 3 nitrogen and oxygen atoms in total. The van der Waals surface area contributed by atoms with E-state index in [2.05, 4.69) is 0 Å². The van der Waals surface area contributed by atoms with Crippen molar-refractivity contribution in [2.45, 2.75) is 69.6 Å². The molecule has 0 radical (unpaired) electrons. The summed E-state index contributed by atoms with van der Waals surface area (Å²) in [7, 11) is 0. The molecule has 116 valence electrons. The minimum atomic E-state index is -0.00427. The van der Waals surface area contributed by atoms with Gasteiger partial charge in [-0.3, -0.25) is 0 Å². The van der Waals surface area contributed by atoms with Crippen LogP contribution in [0.4, 0.5) is 0 Å². The fourth-order valence-corrected chi connectivity index (χ4v) is 3.75. The Labute approximate surface area is 127 Å². The van der Waals surface area contributed by atoms with Crippen molar-refractivity contribution in [2.75, 3.05) is 6.61 Å². The van der Waals surface area contributed by atoms with Gasteiger partial charge < -0.3 is 15.2 Å². The van der Waals surface area contributed by atoms with Crippen molar-refractivity contribution in [3.63, 3.8) is 0 Å². The monoisotopic (exact) mass is 289 g/mol. The molecule has 1 unspecified atom stereocenters. The van der Waals surface area contributed by atoms with Gasteiger partial charge in [0.05, 0.1) is 11.7 Å². The Morgan fingerprint density at radius 2 is 2.00 bits per heavy atom. The van der Waals surface area contributed by atoms with E-state index >= 15 is 0 Å². The number of hydrogen-bond donors (Lipinski definition) is 1. The van der Waals surface area contributed by atoms with Gasteiger partial charge in [0.25, 0.3) is 0 Å². The van der Waals surface area contributed by atoms with Crippen molar-refractivity contribution in [1.82, 2.24) is 0 Å². The lowest BCUT2D eigenvalue weighted by Crippen LogP contribution is -2.33. The first kappa shape index (κ1) is 14.9. The molecule has 1 aromatic carbocycles. The Balaban J connectivity index is 1.57. The smallest absolute Gasteiger partial charge is 0.124 e. The zero-order valence-corrected chi connectivity index (χ0v) is 13.0. The summed E-state index contributed by atoms with van der Waals surface area (Å²) in [5, 5.41) is 0. The second-order valence-electron chi connectivity index (χ2n) is 6.66. The molecule has 2 aliphatic rings. The molecule has 2 fully saturated rings. The van der Waals surface area contributed by atoms with Crippen LogP contribution in [0.1, 0.15) is 63.5 Å². The normalized spacial score (nSPS) is 25.9. The molecule has 21 heavy (non-hydrogen) atoms. The van der Waals surface area contributed by atoms with E-state index in [1.54, 1.807) is 0 Å². The van der Waals surface area contributed by atoms with E-state index in [4.69, 9.17) is 15.2 Å². The molecule has 1 aromatic rings. The molecule has 1 aliphatic heterocycles. The van der Waals surface area contributed by atoms with E-state index < -0.39 is 0 Å². The van der Waals surface area contributed by atoms with Crippen LogP contribution in [-0.4, -0.2) is 18.3 Å². The standard InChI is InChI=1S/C18H27NO2/c1-14(19)16-7-3-4-8-17(16)20-13-15-9-12-18(21-15)10-5-2-6-11-18/h3-4,7-8,14-15H,2,5-6,9-13,19H2,1H3/t14-,15?/m1/s1. The molecular weight excluding hydrogens is 262 g/mol. The van der Waals surface area contributed by atoms with Gasteiger partial charge in [0.2, 0.25) is 0 Å². The van der Waals surface area contributed by atoms with Crippen LogP contribution in [-0.2, 0) is 4.74 Å². The van der Waals surface area contributed by atoms with Crippen molar-refractivity contribution in [3.05, 3.63) is 29.8 Å². The Morgan fingerprint density at radius 3 is 2.76 bits per heavy atom. The maximum Gasteiger partial charge on any atom is 0.124 e. The molecule has 0 bridgehead atoms. The molecule has 0 amide bonds. The van der Waals surface area contributed by atoms with Gasteiger partial charge in [-0.05, 0) is 38.7 Å². The topological polar surface area (TPSA) is 44.5 Å². The van der Waals surface area contributed by atoms with E-state index in [0.29, 0.717) is 6.61 Å². The van der Waals surface area contributed by atoms with E-state index in [1.165, 1.54) is 38.5 Å². The molecule has 3 heteroatoms. The summed E-state index contributed by atoms with van der Waals surface area (Å²) in [5.41, 5.74) is 7.24. The first-order valence-corrected chi connectivity index (χ1v) is 8.34. The Bertz CT molecular complexity index is 466. The Morgan fingerprint density at radius 1 is 1.24 bits per heavy atom. The van der Waals surface area contributed by atoms with Gasteiger partial charge in [-0.25, -0.2) is 0 Å². The minimum absolute atomic E-state index is 0.00427. The van der Waals surface area contributed by atoms with E-state index in [-0.39, 0.29) is 17.7 Å². The summed E-state index contributed by atoms with van der Waals surface area (Å²) in [6.07, 6.45) is 9.05. The molecule has 1 saturated carbocycles. The second-order valence-corrected chi connectivity index (χ2v) is 6.66. The quantitative estimate of drug-likeness (QED) is 0.912. The van der Waals surface area contributed by atoms with Crippen LogP contribution in [0, 0.1) is 0 Å². The average molecular weight is 289 g/mol. The largest absolute Gasteiger partial charge is 0.491 e. The van der Waals surface area contributed by atoms with Crippen molar-refractivity contribution in [3.8, 4) is 5.75 Å². The zero-order chi connectivity index (χ0) is 14.7. The van der Waals surface area contributed by atoms with Crippen molar-refractivity contribution < 1.29 is 9.47 Å². The fraction of sp³-hybridized carbons (Fsp3) is 0.667. The number of hydrogen-bond acceptors (Lipinski definition) is 3. The van der Waals surface area contributed by atoms with Crippen LogP contribution in [0.3, 0.4) is 0 Å². The second kappa shape index (κ2) is 6.37. The van der Waals surface area contributed by atoms with Crippen LogP contribution < -0.4 is 10.5 Å². The fourth-order valence-electron chi connectivity index (χ4n) is 3.75. The zero-order valence-electron chi connectivity index (χ0n) is 13.0. The van der Waals surface area contributed by atoms with E-state index in [9.17, 15) is 0 Å². The van der Waals surface area contributed by atoms with Crippen LogP contribution in [0.15, 0.2) is 24.3 Å². The van der Waals surface area contributed by atoms with Gasteiger partial charge in [-0.1, -0.05) is 37.5 Å². The van der Waals surface area contributed by atoms with Gasteiger partial charge in [-0.2, -0.15) is 0 Å². The van der Waals surface area contributed by atoms with E-state index in [1.807, 2.05) is 31.2 Å². The number of ether oxygens (including phenoxy) is 2. The summed E-state index contributed by atoms with van der Waals surface area (Å²) in [5.74, 6) is 0.903. The van der Waals surface area contributed by atoms with Crippen LogP contribution in [0.5, 0.6) is 5.75 Å². The van der Waals surface area contributed by atoms with Crippen LogP contribution >= 0.6 is 0 Å². The Hall–Kier alpha value is -1.06. The number of benzene rings is 1. The van der Waals surface area contributed by atoms with Crippen molar-refractivity contribution >= 4 is 0 Å². The number of rotatable bonds is 4. The molecule has 3 rings (SSSR count). The highest BCUT2D eigenvalue weighted by atomic mass is 16.6. The highest BCUT2D eigenvalue weighted by molar-refractivity contribution is 5.35. The SMILES string of the molecule is C[C@@H](N)c1ccccc1OCC1CCC2(CCCCC2)O1. The highest BCUT2D eigenvalue weighted by Gasteiger charge is 2.40. The summed E-state index contributed by atoms with van der Waals surface area (Å²) >= 11 is 0. The maximum absolute atomic E-state index is 6.36. The maximum atomic E-state index is 6.36. The summed E-state index contributed by atoms with van der Waals surface area (Å²) in [6.45, 7) is 2.64. The van der Waals surface area contributed by atoms with Gasteiger partial charge in [-0.15, -0.1) is 0 Å². The summed E-state index contributed by atoms with van der Waals surface area (Å²) in [6, 6.07) is 8.05. The predicted molar refractivity (Wildman–Crippen MR) is 84.5 cm³/mol. The third-order valence-electron chi connectivity index (χ3n) is 4.94. The van der Waals surface area contributed by atoms with Crippen molar-refractivity contribution in [2.24, 2.45) is 5.73 Å². The third kappa shape index (κ3) is 3.41. The molecule has 0 aromatic heterocycles. The lowest BCUT2D eigenvalue weighted by molar-refractivity contribution is -0.0749. The van der Waals surface area contributed by atoms with Gasteiger partial charge in [0, 0.05) is 11.6 Å². The van der Waals surface area contributed by atoms with Crippen molar-refractivity contribution in [1.29, 1.82) is 0 Å². The van der Waals surface area contributed by atoms with Gasteiger partial charge >= 0.3 is 0 Å². The molecule has 1 aliphatic carbocycles. The predicted octanol–water partition coefficient (Wildman–Crippen LogP) is 3.97. The lowest BCUT2D eigenvalue weighted by Gasteiger charge is -2.33. The average Bonchev–Trinajstić information content (AvgIpc) is 2.89. The first-order chi connectivity index (χ1) is 10.2. The molecule has 1 saturated heterocycles. The molecular formula is C18H27NO2. The van der Waals surface area contributed by atoms with Crippen LogP contribution in [0.25, 0.3) is 0 Å². The van der Waals surface area contributed by atoms with Gasteiger partial charge in [0.15, 0.2) is 0 Å². The molecule has 2 N–H and O–H groups in total. The third-order valence-corrected chi connectivity index (χ3v) is 4.94. The number of nitrogens with two attached hydrogens (primary N) is 1. The summed E-state index contributed by atoms with van der Waals surface area (Å²) in [4.78, 5) is 0. The molecule has 1 heterocycles. The number of para-hydroxylation sites is 1. The van der Waals surface area contributed by atoms with Gasteiger partial charge in [0.1, 0.15) is 12.4 Å². The van der Waals surface area contributed by atoms with Crippen LogP contribution in [0.2, 0.25) is 0 Å². The molecule has 1 spiro atoms. The first-order valence-electron chi connectivity index (χ1n) is 8.34. The molecule has 2 atom stereocenters. The minimum Gasteiger partial charge on any atom is -0.491 e. The van der Waals surface area contributed by atoms with E-state index in [0.717, 1.165) is 17.7 Å². The summed E-state index contributed by atoms with van der Waals surface area (Å²) < 4.78 is 12.4. The lowest BCUT2D eigenvalue weighted by atomic mass is 9.83. The Kier molecular flexibility index (Phi) is 4.51.